The van der Waals surface area contributed by atoms with Crippen LogP contribution in [0.4, 0.5) is 5.69 Å². The van der Waals surface area contributed by atoms with Crippen LogP contribution in [0.5, 0.6) is 0 Å². The number of benzene rings is 2. The molecule has 1 atom stereocenters. The first-order chi connectivity index (χ1) is 15.3. The monoisotopic (exact) mass is 429 g/mol. The number of aryl methyl sites for hydroxylation is 4. The highest BCUT2D eigenvalue weighted by molar-refractivity contribution is 5.94. The Morgan fingerprint density at radius 2 is 1.66 bits per heavy atom. The number of fused-ring (bicyclic) bond motifs is 1. The summed E-state index contributed by atoms with van der Waals surface area (Å²) >= 11 is 0. The number of hydrogen-bond acceptors (Lipinski definition) is 4. The molecule has 1 amide bonds. The quantitative estimate of drug-likeness (QED) is 0.510. The van der Waals surface area contributed by atoms with E-state index >= 15 is 0 Å². The normalized spacial score (nSPS) is 12.2. The molecule has 2 heterocycles. The first-order valence-corrected chi connectivity index (χ1v) is 10.7. The summed E-state index contributed by atoms with van der Waals surface area (Å²) in [5.74, 6) is -0.273. The van der Waals surface area contributed by atoms with E-state index in [1.165, 1.54) is 4.68 Å². The van der Waals surface area contributed by atoms with E-state index in [0.29, 0.717) is 23.3 Å². The first kappa shape index (κ1) is 21.5. The van der Waals surface area contributed by atoms with Crippen molar-refractivity contribution in [2.45, 2.75) is 47.1 Å². The van der Waals surface area contributed by atoms with Crippen molar-refractivity contribution in [2.75, 3.05) is 5.32 Å². The van der Waals surface area contributed by atoms with Crippen LogP contribution in [-0.4, -0.2) is 25.5 Å². The van der Waals surface area contributed by atoms with Crippen molar-refractivity contribution in [3.8, 4) is 5.69 Å². The van der Waals surface area contributed by atoms with E-state index in [1.807, 2.05) is 83.1 Å². The number of amides is 1. The summed E-state index contributed by atoms with van der Waals surface area (Å²) in [6.45, 7) is 9.60. The van der Waals surface area contributed by atoms with Gasteiger partial charge in [-0.05, 0) is 69.5 Å². The van der Waals surface area contributed by atoms with E-state index < -0.39 is 6.04 Å². The molecule has 164 valence electrons. The van der Waals surface area contributed by atoms with Gasteiger partial charge >= 0.3 is 0 Å². The molecule has 1 N–H and O–H groups in total. The highest BCUT2D eigenvalue weighted by Crippen LogP contribution is 2.23. The van der Waals surface area contributed by atoms with Crippen molar-refractivity contribution in [1.29, 1.82) is 0 Å². The summed E-state index contributed by atoms with van der Waals surface area (Å²) in [5, 5.41) is 12.8. The van der Waals surface area contributed by atoms with Gasteiger partial charge in [-0.3, -0.25) is 9.59 Å². The van der Waals surface area contributed by atoms with Crippen molar-refractivity contribution in [1.82, 2.24) is 19.6 Å². The van der Waals surface area contributed by atoms with Gasteiger partial charge in [0.1, 0.15) is 6.04 Å². The van der Waals surface area contributed by atoms with Crippen LogP contribution in [0.15, 0.2) is 53.3 Å². The van der Waals surface area contributed by atoms with Gasteiger partial charge in [-0.25, -0.2) is 9.36 Å². The fourth-order valence-electron chi connectivity index (χ4n) is 4.22. The molecule has 32 heavy (non-hydrogen) atoms. The Balaban J connectivity index is 1.78. The number of carbonyl (C=O) groups is 1. The molecule has 7 heteroatoms. The molecule has 0 saturated heterocycles. The van der Waals surface area contributed by atoms with Gasteiger partial charge in [-0.15, -0.1) is 0 Å². The van der Waals surface area contributed by atoms with Gasteiger partial charge in [-0.1, -0.05) is 31.2 Å². The molecule has 0 bridgehead atoms. The lowest BCUT2D eigenvalue weighted by Crippen LogP contribution is -2.35. The van der Waals surface area contributed by atoms with Crippen molar-refractivity contribution < 1.29 is 4.79 Å². The summed E-state index contributed by atoms with van der Waals surface area (Å²) in [7, 11) is 0. The Kier molecular flexibility index (Phi) is 5.65. The van der Waals surface area contributed by atoms with Crippen LogP contribution in [-0.2, 0) is 4.79 Å². The van der Waals surface area contributed by atoms with E-state index in [-0.39, 0.29) is 11.5 Å². The summed E-state index contributed by atoms with van der Waals surface area (Å²) < 4.78 is 3.03. The van der Waals surface area contributed by atoms with Crippen molar-refractivity contribution >= 4 is 22.5 Å². The Hall–Kier alpha value is -3.74. The molecule has 2 aromatic heterocycles. The van der Waals surface area contributed by atoms with Gasteiger partial charge in [0.15, 0.2) is 5.52 Å². The maximum absolute atomic E-state index is 13.4. The van der Waals surface area contributed by atoms with Crippen LogP contribution < -0.4 is 10.9 Å². The smallest absolute Gasteiger partial charge is 0.295 e. The van der Waals surface area contributed by atoms with E-state index in [0.717, 1.165) is 27.9 Å². The lowest BCUT2D eigenvalue weighted by Gasteiger charge is -2.18. The van der Waals surface area contributed by atoms with Crippen LogP contribution in [0.3, 0.4) is 0 Å². The second kappa shape index (κ2) is 8.42. The number of rotatable bonds is 5. The van der Waals surface area contributed by atoms with E-state index in [4.69, 9.17) is 0 Å². The van der Waals surface area contributed by atoms with Crippen LogP contribution >= 0.6 is 0 Å². The molecule has 0 radical (unpaired) electrons. The number of anilines is 1. The average Bonchev–Trinajstić information content (AvgIpc) is 3.10. The minimum Gasteiger partial charge on any atom is -0.324 e. The van der Waals surface area contributed by atoms with Crippen LogP contribution in [0, 0.1) is 27.7 Å². The van der Waals surface area contributed by atoms with Crippen LogP contribution in [0.1, 0.15) is 41.9 Å². The Bertz CT molecular complexity index is 1350. The molecule has 7 nitrogen and oxygen atoms in total. The SMILES string of the molecule is CCC(C(=O)Nc1cc(C)cc(C)c1)n1nc(C)c2c(C)n(-c3ccccc3)nc2c1=O. The van der Waals surface area contributed by atoms with Gasteiger partial charge in [0.25, 0.3) is 5.56 Å². The van der Waals surface area contributed by atoms with Crippen molar-refractivity contribution in [3.63, 3.8) is 0 Å². The third kappa shape index (κ3) is 3.82. The number of para-hydroxylation sites is 1. The van der Waals surface area contributed by atoms with Crippen molar-refractivity contribution in [3.05, 3.63) is 81.4 Å². The maximum Gasteiger partial charge on any atom is 0.295 e. The molecule has 4 aromatic rings. The predicted molar refractivity (Wildman–Crippen MR) is 126 cm³/mol. The predicted octanol–water partition coefficient (Wildman–Crippen LogP) is 4.41. The molecule has 0 aliphatic heterocycles. The Morgan fingerprint density at radius 1 is 1.00 bits per heavy atom. The zero-order valence-corrected chi connectivity index (χ0v) is 19.0. The highest BCUT2D eigenvalue weighted by atomic mass is 16.2. The number of hydrogen-bond donors (Lipinski definition) is 1. The lowest BCUT2D eigenvalue weighted by atomic mass is 10.1. The minimum absolute atomic E-state index is 0.273. The van der Waals surface area contributed by atoms with E-state index in [2.05, 4.69) is 15.5 Å². The number of carbonyl (C=O) groups excluding carboxylic acids is 1. The van der Waals surface area contributed by atoms with Gasteiger partial charge in [0.05, 0.1) is 22.5 Å². The molecule has 0 spiro atoms. The molecule has 0 aliphatic carbocycles. The van der Waals surface area contributed by atoms with Gasteiger partial charge in [-0.2, -0.15) is 10.2 Å². The summed E-state index contributed by atoms with van der Waals surface area (Å²) in [6, 6.07) is 14.8. The second-order valence-corrected chi connectivity index (χ2v) is 8.18. The average molecular weight is 430 g/mol. The molecular weight excluding hydrogens is 402 g/mol. The first-order valence-electron chi connectivity index (χ1n) is 10.7. The van der Waals surface area contributed by atoms with Gasteiger partial charge in [0.2, 0.25) is 5.91 Å². The molecule has 2 aromatic carbocycles. The van der Waals surface area contributed by atoms with Crippen LogP contribution in [0.25, 0.3) is 16.6 Å². The highest BCUT2D eigenvalue weighted by Gasteiger charge is 2.25. The largest absolute Gasteiger partial charge is 0.324 e. The third-order valence-electron chi connectivity index (χ3n) is 5.62. The molecule has 0 saturated carbocycles. The molecule has 1 unspecified atom stereocenters. The maximum atomic E-state index is 13.4. The topological polar surface area (TPSA) is 81.8 Å². The lowest BCUT2D eigenvalue weighted by molar-refractivity contribution is -0.119. The third-order valence-corrected chi connectivity index (χ3v) is 5.62. The molecule has 0 aliphatic rings. The zero-order chi connectivity index (χ0) is 23.0. The number of nitrogens with zero attached hydrogens (tertiary/aromatic N) is 4. The number of nitrogens with one attached hydrogen (secondary N) is 1. The molecular formula is C25H27N5O2. The molecule has 4 rings (SSSR count). The zero-order valence-electron chi connectivity index (χ0n) is 19.0. The van der Waals surface area contributed by atoms with Gasteiger partial charge in [0, 0.05) is 5.69 Å². The van der Waals surface area contributed by atoms with E-state index in [1.54, 1.807) is 4.68 Å². The standard InChI is InChI=1S/C25H27N5O2/c1-6-21(24(31)26-19-13-15(2)12-16(3)14-19)30-25(32)23-22(17(4)27-30)18(5)29(28-23)20-10-8-7-9-11-20/h7-14,21H,6H2,1-5H3,(H,26,31). The summed E-state index contributed by atoms with van der Waals surface area (Å²) in [5.41, 5.74) is 5.14. The van der Waals surface area contributed by atoms with Crippen molar-refractivity contribution in [2.24, 2.45) is 0 Å². The fourth-order valence-corrected chi connectivity index (χ4v) is 4.22. The Labute approximate surface area is 186 Å². The Morgan fingerprint density at radius 3 is 2.28 bits per heavy atom. The van der Waals surface area contributed by atoms with Crippen LogP contribution in [0.2, 0.25) is 0 Å². The summed E-state index contributed by atoms with van der Waals surface area (Å²) in [4.78, 5) is 26.5. The fraction of sp³-hybridized carbons (Fsp3) is 0.280. The van der Waals surface area contributed by atoms with Gasteiger partial charge < -0.3 is 5.32 Å². The molecule has 0 fully saturated rings. The summed E-state index contributed by atoms with van der Waals surface area (Å²) in [6.07, 6.45) is 0.423. The minimum atomic E-state index is -0.742. The second-order valence-electron chi connectivity index (χ2n) is 8.18. The number of aromatic nitrogens is 4. The van der Waals surface area contributed by atoms with E-state index in [9.17, 15) is 9.59 Å².